The van der Waals surface area contributed by atoms with Gasteiger partial charge in [0, 0.05) is 25.0 Å². The summed E-state index contributed by atoms with van der Waals surface area (Å²) in [6.07, 6.45) is 5.04. The summed E-state index contributed by atoms with van der Waals surface area (Å²) in [5.74, 6) is 0.442. The largest absolute Gasteiger partial charge is 0.319 e. The predicted octanol–water partition coefficient (Wildman–Crippen LogP) is 1.85. The Morgan fingerprint density at radius 3 is 3.06 bits per heavy atom. The number of imidazole rings is 1. The van der Waals surface area contributed by atoms with Gasteiger partial charge in [-0.25, -0.2) is 4.98 Å². The van der Waals surface area contributed by atoms with Crippen LogP contribution in [-0.4, -0.2) is 40.1 Å². The van der Waals surface area contributed by atoms with Gasteiger partial charge in [-0.15, -0.1) is 0 Å². The summed E-state index contributed by atoms with van der Waals surface area (Å²) in [4.78, 5) is 6.26. The van der Waals surface area contributed by atoms with E-state index in [9.17, 15) is 8.78 Å². The predicted molar refractivity (Wildman–Crippen MR) is 65.5 cm³/mol. The molecular formula is C12H20F2N4. The second-order valence-corrected chi connectivity index (χ2v) is 4.59. The van der Waals surface area contributed by atoms with Crippen LogP contribution in [0.4, 0.5) is 8.78 Å². The number of halogens is 2. The maximum absolute atomic E-state index is 12.7. The highest BCUT2D eigenvalue weighted by atomic mass is 19.3. The first-order valence-corrected chi connectivity index (χ1v) is 6.47. The topological polar surface area (TPSA) is 33.1 Å². The fraction of sp³-hybridized carbons (Fsp3) is 0.750. The number of nitrogens with zero attached hydrogens (tertiary/aromatic N) is 3. The van der Waals surface area contributed by atoms with Gasteiger partial charge in [-0.05, 0) is 25.9 Å². The Morgan fingerprint density at radius 2 is 2.44 bits per heavy atom. The molecule has 1 atom stereocenters. The highest BCUT2D eigenvalue weighted by molar-refractivity contribution is 4.94. The smallest absolute Gasteiger partial charge is 0.315 e. The Kier molecular flexibility index (Phi) is 4.66. The third-order valence-electron chi connectivity index (χ3n) is 3.50. The minimum absolute atomic E-state index is 0.423. The normalized spacial score (nSPS) is 20.8. The lowest BCUT2D eigenvalue weighted by atomic mass is 10.1. The van der Waals surface area contributed by atoms with Crippen LogP contribution in [0.5, 0.6) is 0 Å². The molecule has 0 aliphatic carbocycles. The van der Waals surface area contributed by atoms with Gasteiger partial charge in [-0.1, -0.05) is 6.92 Å². The molecule has 2 rings (SSSR count). The van der Waals surface area contributed by atoms with Crippen molar-refractivity contribution in [3.05, 3.63) is 18.2 Å². The zero-order valence-corrected chi connectivity index (χ0v) is 10.6. The van der Waals surface area contributed by atoms with Gasteiger partial charge in [-0.2, -0.15) is 8.78 Å². The van der Waals surface area contributed by atoms with E-state index >= 15 is 0 Å². The Bertz CT molecular complexity index is 361. The minimum atomic E-state index is -2.51. The molecule has 0 amide bonds. The van der Waals surface area contributed by atoms with E-state index in [4.69, 9.17) is 0 Å². The first-order chi connectivity index (χ1) is 8.72. The van der Waals surface area contributed by atoms with E-state index in [1.54, 1.807) is 0 Å². The molecule has 4 nitrogen and oxygen atoms in total. The van der Waals surface area contributed by atoms with Crippen LogP contribution in [0.3, 0.4) is 0 Å². The van der Waals surface area contributed by atoms with Crippen molar-refractivity contribution >= 4 is 0 Å². The van der Waals surface area contributed by atoms with Gasteiger partial charge >= 0.3 is 6.55 Å². The monoisotopic (exact) mass is 258 g/mol. The molecule has 1 N–H and O–H groups in total. The Labute approximate surface area is 106 Å². The molecule has 0 saturated carbocycles. The van der Waals surface area contributed by atoms with Crippen LogP contribution in [0.1, 0.15) is 32.1 Å². The fourth-order valence-electron chi connectivity index (χ4n) is 2.47. The molecule has 0 spiro atoms. The van der Waals surface area contributed by atoms with Crippen molar-refractivity contribution in [2.45, 2.75) is 38.9 Å². The van der Waals surface area contributed by atoms with Gasteiger partial charge in [-0.3, -0.25) is 9.47 Å². The number of aromatic nitrogens is 2. The number of likely N-dealkylation sites (N-methyl/N-ethyl adjacent to an activating group) is 1. The first-order valence-electron chi connectivity index (χ1n) is 6.47. The Balaban J connectivity index is 2.02. The average molecular weight is 258 g/mol. The average Bonchev–Trinajstić information content (AvgIpc) is 2.85. The molecule has 1 aromatic rings. The highest BCUT2D eigenvalue weighted by Gasteiger charge is 2.22. The second kappa shape index (κ2) is 6.24. The van der Waals surface area contributed by atoms with Crippen molar-refractivity contribution in [1.82, 2.24) is 19.8 Å². The SMILES string of the molecule is CCN(Cc1nccn1C(F)F)C1CCCNC1. The van der Waals surface area contributed by atoms with Gasteiger partial charge in [0.1, 0.15) is 5.82 Å². The first kappa shape index (κ1) is 13.4. The number of piperidine rings is 1. The van der Waals surface area contributed by atoms with E-state index in [1.807, 2.05) is 0 Å². The molecule has 1 aliphatic rings. The standard InChI is InChI=1S/C12H20F2N4/c1-2-17(10-4-3-5-15-8-10)9-11-16-6-7-18(11)12(13)14/h6-7,10,12,15H,2-5,8-9H2,1H3. The van der Waals surface area contributed by atoms with Gasteiger partial charge in [0.15, 0.2) is 0 Å². The molecular weight excluding hydrogens is 238 g/mol. The van der Waals surface area contributed by atoms with E-state index in [0.29, 0.717) is 18.4 Å². The third kappa shape index (κ3) is 3.05. The summed E-state index contributed by atoms with van der Waals surface area (Å²) in [6, 6.07) is 0.423. The Morgan fingerprint density at radius 1 is 1.61 bits per heavy atom. The van der Waals surface area contributed by atoms with Crippen LogP contribution in [0.2, 0.25) is 0 Å². The van der Waals surface area contributed by atoms with E-state index in [2.05, 4.69) is 22.1 Å². The maximum atomic E-state index is 12.7. The molecule has 1 fully saturated rings. The molecule has 1 aliphatic heterocycles. The van der Waals surface area contributed by atoms with E-state index in [0.717, 1.165) is 37.0 Å². The van der Waals surface area contributed by atoms with E-state index in [1.165, 1.54) is 12.4 Å². The molecule has 1 unspecified atom stereocenters. The highest BCUT2D eigenvalue weighted by Crippen LogP contribution is 2.17. The van der Waals surface area contributed by atoms with Crippen LogP contribution in [0.25, 0.3) is 0 Å². The van der Waals surface area contributed by atoms with Crippen molar-refractivity contribution in [3.63, 3.8) is 0 Å². The fourth-order valence-corrected chi connectivity index (χ4v) is 2.47. The van der Waals surface area contributed by atoms with Crippen LogP contribution in [-0.2, 0) is 6.54 Å². The number of alkyl halides is 2. The molecule has 0 aromatic carbocycles. The van der Waals surface area contributed by atoms with Gasteiger partial charge in [0.05, 0.1) is 6.54 Å². The molecule has 0 bridgehead atoms. The van der Waals surface area contributed by atoms with Crippen LogP contribution >= 0.6 is 0 Å². The quantitative estimate of drug-likeness (QED) is 0.875. The van der Waals surface area contributed by atoms with E-state index < -0.39 is 6.55 Å². The van der Waals surface area contributed by atoms with Crippen molar-refractivity contribution in [1.29, 1.82) is 0 Å². The number of rotatable bonds is 5. The molecule has 6 heteroatoms. The number of hydrogen-bond acceptors (Lipinski definition) is 3. The third-order valence-corrected chi connectivity index (χ3v) is 3.50. The van der Waals surface area contributed by atoms with Crippen LogP contribution in [0.15, 0.2) is 12.4 Å². The van der Waals surface area contributed by atoms with Gasteiger partial charge < -0.3 is 5.32 Å². The number of nitrogens with one attached hydrogen (secondary N) is 1. The summed E-state index contributed by atoms with van der Waals surface area (Å²) in [6.45, 7) is 2.88. The van der Waals surface area contributed by atoms with Gasteiger partial charge in [0.25, 0.3) is 0 Å². The van der Waals surface area contributed by atoms with Crippen molar-refractivity contribution in [2.75, 3.05) is 19.6 Å². The lowest BCUT2D eigenvalue weighted by Crippen LogP contribution is -2.45. The maximum Gasteiger partial charge on any atom is 0.319 e. The molecule has 102 valence electrons. The van der Waals surface area contributed by atoms with E-state index in [-0.39, 0.29) is 0 Å². The Hall–Kier alpha value is -1.01. The zero-order valence-electron chi connectivity index (χ0n) is 10.6. The van der Waals surface area contributed by atoms with Crippen LogP contribution < -0.4 is 5.32 Å². The summed E-state index contributed by atoms with van der Waals surface area (Å²) in [5.41, 5.74) is 0. The summed E-state index contributed by atoms with van der Waals surface area (Å²) in [5, 5.41) is 3.35. The zero-order chi connectivity index (χ0) is 13.0. The summed E-state index contributed by atoms with van der Waals surface area (Å²) < 4.78 is 26.4. The van der Waals surface area contributed by atoms with Crippen LogP contribution in [0, 0.1) is 0 Å². The minimum Gasteiger partial charge on any atom is -0.315 e. The summed E-state index contributed by atoms with van der Waals surface area (Å²) >= 11 is 0. The van der Waals surface area contributed by atoms with Crippen molar-refractivity contribution < 1.29 is 8.78 Å². The molecule has 18 heavy (non-hydrogen) atoms. The second-order valence-electron chi connectivity index (χ2n) is 4.59. The molecule has 1 saturated heterocycles. The molecule has 1 aromatic heterocycles. The lowest BCUT2D eigenvalue weighted by molar-refractivity contribution is 0.0614. The number of hydrogen-bond donors (Lipinski definition) is 1. The molecule has 2 heterocycles. The van der Waals surface area contributed by atoms with Crippen molar-refractivity contribution in [2.24, 2.45) is 0 Å². The summed E-state index contributed by atoms with van der Waals surface area (Å²) in [7, 11) is 0. The lowest BCUT2D eigenvalue weighted by Gasteiger charge is -2.33. The van der Waals surface area contributed by atoms with Gasteiger partial charge in [0.2, 0.25) is 0 Å². The molecule has 0 radical (unpaired) electrons. The van der Waals surface area contributed by atoms with Crippen molar-refractivity contribution in [3.8, 4) is 0 Å².